The molecule has 0 aliphatic carbocycles. The van der Waals surface area contributed by atoms with Crippen LogP contribution in [0.1, 0.15) is 37.3 Å². The second kappa shape index (κ2) is 9.76. The normalized spacial score (nSPS) is 11.8. The number of nitrogens with zero attached hydrogens (tertiary/aromatic N) is 1. The van der Waals surface area contributed by atoms with Crippen LogP contribution in [0.15, 0.2) is 60.7 Å². The Kier molecular flexibility index (Phi) is 7.39. The Hall–Kier alpha value is -2.62. The summed E-state index contributed by atoms with van der Waals surface area (Å²) in [6.07, 6.45) is 0.829. The van der Waals surface area contributed by atoms with Crippen molar-refractivity contribution in [3.05, 3.63) is 71.8 Å². The van der Waals surface area contributed by atoms with Gasteiger partial charge in [-0.2, -0.15) is 0 Å². The number of hydrogen-bond acceptors (Lipinski definition) is 3. The van der Waals surface area contributed by atoms with Crippen LogP contribution in [-0.2, 0) is 14.3 Å². The predicted molar refractivity (Wildman–Crippen MR) is 103 cm³/mol. The summed E-state index contributed by atoms with van der Waals surface area (Å²) in [5.74, 6) is -1.02. The highest BCUT2D eigenvalue weighted by Crippen LogP contribution is 2.27. The smallest absolute Gasteiger partial charge is 0.310 e. The SMILES string of the molecule is CCCN(CC(C)C(=O)OC)C(=O)C(c1ccccc1)c1ccccc1. The van der Waals surface area contributed by atoms with Gasteiger partial charge in [0.2, 0.25) is 5.91 Å². The van der Waals surface area contributed by atoms with Crippen molar-refractivity contribution in [3.63, 3.8) is 0 Å². The highest BCUT2D eigenvalue weighted by Gasteiger charge is 2.29. The van der Waals surface area contributed by atoms with E-state index in [2.05, 4.69) is 0 Å². The Morgan fingerprint density at radius 1 is 0.962 bits per heavy atom. The Morgan fingerprint density at radius 2 is 1.46 bits per heavy atom. The Morgan fingerprint density at radius 3 is 1.88 bits per heavy atom. The highest BCUT2D eigenvalue weighted by molar-refractivity contribution is 5.87. The molecule has 1 amide bonds. The van der Waals surface area contributed by atoms with Crippen molar-refractivity contribution >= 4 is 11.9 Å². The van der Waals surface area contributed by atoms with Crippen molar-refractivity contribution < 1.29 is 14.3 Å². The molecule has 0 bridgehead atoms. The first-order chi connectivity index (χ1) is 12.6. The van der Waals surface area contributed by atoms with Gasteiger partial charge in [0.25, 0.3) is 0 Å². The van der Waals surface area contributed by atoms with E-state index in [0.29, 0.717) is 13.1 Å². The quantitative estimate of drug-likeness (QED) is 0.677. The molecule has 1 atom stereocenters. The first kappa shape index (κ1) is 19.7. The molecular weight excluding hydrogens is 326 g/mol. The molecule has 0 aromatic heterocycles. The lowest BCUT2D eigenvalue weighted by Gasteiger charge is -2.29. The van der Waals surface area contributed by atoms with E-state index in [1.165, 1.54) is 7.11 Å². The summed E-state index contributed by atoms with van der Waals surface area (Å²) in [7, 11) is 1.38. The Labute approximate surface area is 155 Å². The summed E-state index contributed by atoms with van der Waals surface area (Å²) >= 11 is 0. The minimum atomic E-state index is -0.381. The number of esters is 1. The van der Waals surface area contributed by atoms with Crippen molar-refractivity contribution in [3.8, 4) is 0 Å². The van der Waals surface area contributed by atoms with Gasteiger partial charge in [0, 0.05) is 13.1 Å². The second-order valence-corrected chi connectivity index (χ2v) is 6.46. The number of methoxy groups -OCH3 is 1. The molecular formula is C22H27NO3. The molecule has 0 aliphatic heterocycles. The molecule has 0 heterocycles. The molecule has 0 saturated heterocycles. The van der Waals surface area contributed by atoms with Crippen molar-refractivity contribution in [2.24, 2.45) is 5.92 Å². The number of rotatable bonds is 8. The van der Waals surface area contributed by atoms with Crippen LogP contribution >= 0.6 is 0 Å². The summed E-state index contributed by atoms with van der Waals surface area (Å²) in [4.78, 5) is 27.1. The maximum Gasteiger partial charge on any atom is 0.310 e. The lowest BCUT2D eigenvalue weighted by molar-refractivity contribution is -0.146. The molecule has 26 heavy (non-hydrogen) atoms. The molecule has 0 spiro atoms. The molecule has 4 nitrogen and oxygen atoms in total. The van der Waals surface area contributed by atoms with E-state index in [4.69, 9.17) is 4.74 Å². The minimum Gasteiger partial charge on any atom is -0.469 e. The average Bonchev–Trinajstić information content (AvgIpc) is 2.68. The molecule has 0 N–H and O–H groups in total. The van der Waals surface area contributed by atoms with Crippen LogP contribution < -0.4 is 0 Å². The lowest BCUT2D eigenvalue weighted by Crippen LogP contribution is -2.40. The van der Waals surface area contributed by atoms with Gasteiger partial charge >= 0.3 is 5.97 Å². The topological polar surface area (TPSA) is 46.6 Å². The molecule has 2 aromatic rings. The molecule has 138 valence electrons. The molecule has 0 radical (unpaired) electrons. The van der Waals surface area contributed by atoms with Crippen LogP contribution in [0.2, 0.25) is 0 Å². The van der Waals surface area contributed by atoms with E-state index < -0.39 is 0 Å². The van der Waals surface area contributed by atoms with E-state index in [1.54, 1.807) is 11.8 Å². The maximum atomic E-state index is 13.5. The fourth-order valence-corrected chi connectivity index (χ4v) is 3.12. The van der Waals surface area contributed by atoms with Gasteiger partial charge in [0.15, 0.2) is 0 Å². The van der Waals surface area contributed by atoms with E-state index in [1.807, 2.05) is 67.6 Å². The largest absolute Gasteiger partial charge is 0.469 e. The van der Waals surface area contributed by atoms with Crippen LogP contribution in [0, 0.1) is 5.92 Å². The van der Waals surface area contributed by atoms with E-state index in [-0.39, 0.29) is 23.7 Å². The van der Waals surface area contributed by atoms with Gasteiger partial charge in [-0.25, -0.2) is 0 Å². The monoisotopic (exact) mass is 353 g/mol. The fourth-order valence-electron chi connectivity index (χ4n) is 3.12. The molecule has 1 unspecified atom stereocenters. The minimum absolute atomic E-state index is 0.0139. The van der Waals surface area contributed by atoms with Gasteiger partial charge in [-0.05, 0) is 17.5 Å². The zero-order valence-electron chi connectivity index (χ0n) is 15.7. The van der Waals surface area contributed by atoms with Gasteiger partial charge < -0.3 is 9.64 Å². The Bertz CT molecular complexity index is 660. The summed E-state index contributed by atoms with van der Waals surface area (Å²) in [6.45, 7) is 4.79. The van der Waals surface area contributed by atoms with E-state index >= 15 is 0 Å². The molecule has 4 heteroatoms. The summed E-state index contributed by atoms with van der Waals surface area (Å²) in [5.41, 5.74) is 1.91. The van der Waals surface area contributed by atoms with Gasteiger partial charge in [-0.3, -0.25) is 9.59 Å². The molecule has 0 saturated carbocycles. The van der Waals surface area contributed by atoms with Crippen LogP contribution in [-0.4, -0.2) is 37.0 Å². The average molecular weight is 353 g/mol. The number of benzene rings is 2. The number of amides is 1. The van der Waals surface area contributed by atoms with Crippen LogP contribution in [0.5, 0.6) is 0 Å². The van der Waals surface area contributed by atoms with Gasteiger partial charge in [-0.1, -0.05) is 74.5 Å². The molecule has 2 rings (SSSR count). The van der Waals surface area contributed by atoms with Crippen LogP contribution in [0.4, 0.5) is 0 Å². The molecule has 2 aromatic carbocycles. The van der Waals surface area contributed by atoms with Gasteiger partial charge in [0.05, 0.1) is 18.9 Å². The summed E-state index contributed by atoms with van der Waals surface area (Å²) in [5, 5.41) is 0. The summed E-state index contributed by atoms with van der Waals surface area (Å²) < 4.78 is 4.82. The van der Waals surface area contributed by atoms with Crippen LogP contribution in [0.3, 0.4) is 0 Å². The number of carbonyl (C=O) groups excluding carboxylic acids is 2. The second-order valence-electron chi connectivity index (χ2n) is 6.46. The number of hydrogen-bond donors (Lipinski definition) is 0. The summed E-state index contributed by atoms with van der Waals surface area (Å²) in [6, 6.07) is 19.6. The first-order valence-electron chi connectivity index (χ1n) is 9.05. The van der Waals surface area contributed by atoms with E-state index in [9.17, 15) is 9.59 Å². The zero-order valence-corrected chi connectivity index (χ0v) is 15.7. The highest BCUT2D eigenvalue weighted by atomic mass is 16.5. The molecule has 0 aliphatic rings. The van der Waals surface area contributed by atoms with Crippen molar-refractivity contribution in [1.29, 1.82) is 0 Å². The van der Waals surface area contributed by atoms with Gasteiger partial charge in [0.1, 0.15) is 0 Å². The van der Waals surface area contributed by atoms with Crippen molar-refractivity contribution in [1.82, 2.24) is 4.90 Å². The van der Waals surface area contributed by atoms with E-state index in [0.717, 1.165) is 17.5 Å². The van der Waals surface area contributed by atoms with Crippen LogP contribution in [0.25, 0.3) is 0 Å². The maximum absolute atomic E-state index is 13.5. The van der Waals surface area contributed by atoms with Gasteiger partial charge in [-0.15, -0.1) is 0 Å². The standard InChI is InChI=1S/C22H27NO3/c1-4-15-23(16-17(2)22(25)26-3)21(24)20(18-11-7-5-8-12-18)19-13-9-6-10-14-19/h5-14,17,20H,4,15-16H2,1-3H3. The molecule has 0 fully saturated rings. The third kappa shape index (κ3) is 4.94. The Balaban J connectivity index is 2.35. The lowest BCUT2D eigenvalue weighted by atomic mass is 9.89. The predicted octanol–water partition coefficient (Wildman–Crippen LogP) is 3.87. The third-order valence-corrected chi connectivity index (χ3v) is 4.42. The zero-order chi connectivity index (χ0) is 18.9. The third-order valence-electron chi connectivity index (χ3n) is 4.42. The van der Waals surface area contributed by atoms with Crippen molar-refractivity contribution in [2.45, 2.75) is 26.2 Å². The van der Waals surface area contributed by atoms with Crippen molar-refractivity contribution in [2.75, 3.05) is 20.2 Å². The first-order valence-corrected chi connectivity index (χ1v) is 9.05. The number of ether oxygens (including phenoxy) is 1. The number of carbonyl (C=O) groups is 2. The fraction of sp³-hybridized carbons (Fsp3) is 0.364.